The Bertz CT molecular complexity index is 826. The molecule has 0 atom stereocenters. The molecule has 1 aliphatic rings. The first-order valence-electron chi connectivity index (χ1n) is 9.44. The van der Waals surface area contributed by atoms with Crippen molar-refractivity contribution in [3.63, 3.8) is 0 Å². The Balaban J connectivity index is 2.12. The molecule has 0 heterocycles. The Morgan fingerprint density at radius 3 is 1.68 bits per heavy atom. The SMILES string of the molecule is CCC1(c2ccccc2)c2ccccc2C(C(C)C)c2ccccc21. The smallest absolute Gasteiger partial charge is 0.0454 e. The Morgan fingerprint density at radius 2 is 1.20 bits per heavy atom. The van der Waals surface area contributed by atoms with E-state index in [2.05, 4.69) is 99.6 Å². The second-order valence-corrected chi connectivity index (χ2v) is 7.52. The van der Waals surface area contributed by atoms with Crippen LogP contribution >= 0.6 is 0 Å². The van der Waals surface area contributed by atoms with Gasteiger partial charge in [0.2, 0.25) is 0 Å². The fraction of sp³-hybridized carbons (Fsp3) is 0.280. The number of fused-ring (bicyclic) bond motifs is 2. The highest BCUT2D eigenvalue weighted by Crippen LogP contribution is 2.53. The van der Waals surface area contributed by atoms with Gasteiger partial charge in [0, 0.05) is 11.3 Å². The predicted octanol–water partition coefficient (Wildman–Crippen LogP) is 6.53. The summed E-state index contributed by atoms with van der Waals surface area (Å²) in [6.07, 6.45) is 1.07. The van der Waals surface area contributed by atoms with E-state index in [1.807, 2.05) is 0 Å². The minimum absolute atomic E-state index is 0.0557. The topological polar surface area (TPSA) is 0 Å². The van der Waals surface area contributed by atoms with Crippen LogP contribution < -0.4 is 0 Å². The van der Waals surface area contributed by atoms with E-state index < -0.39 is 0 Å². The first-order valence-corrected chi connectivity index (χ1v) is 9.44. The summed E-state index contributed by atoms with van der Waals surface area (Å²) in [6.45, 7) is 7.02. The van der Waals surface area contributed by atoms with Crippen molar-refractivity contribution in [1.82, 2.24) is 0 Å². The zero-order valence-corrected chi connectivity index (χ0v) is 15.4. The fourth-order valence-corrected chi connectivity index (χ4v) is 4.96. The first-order chi connectivity index (χ1) is 12.2. The zero-order chi connectivity index (χ0) is 17.4. The van der Waals surface area contributed by atoms with E-state index in [-0.39, 0.29) is 5.41 Å². The lowest BCUT2D eigenvalue weighted by Gasteiger charge is -2.45. The van der Waals surface area contributed by atoms with Crippen LogP contribution in [0.5, 0.6) is 0 Å². The molecule has 0 nitrogen and oxygen atoms in total. The van der Waals surface area contributed by atoms with E-state index in [4.69, 9.17) is 0 Å². The van der Waals surface area contributed by atoms with Crippen LogP contribution in [-0.4, -0.2) is 0 Å². The van der Waals surface area contributed by atoms with Gasteiger partial charge in [-0.15, -0.1) is 0 Å². The predicted molar refractivity (Wildman–Crippen MR) is 106 cm³/mol. The van der Waals surface area contributed by atoms with Crippen LogP contribution in [0.25, 0.3) is 0 Å². The maximum absolute atomic E-state index is 2.36. The van der Waals surface area contributed by atoms with Crippen molar-refractivity contribution in [2.75, 3.05) is 0 Å². The first kappa shape index (κ1) is 16.1. The standard InChI is InChI=1S/C25H26/c1-4-25(19-12-6-5-7-13-19)22-16-10-8-14-20(22)24(18(2)3)21-15-9-11-17-23(21)25/h5-18,24H,4H2,1-3H3. The Labute approximate surface area is 151 Å². The maximum atomic E-state index is 2.36. The largest absolute Gasteiger partial charge is 0.0639 e. The summed E-state index contributed by atoms with van der Waals surface area (Å²) in [5.41, 5.74) is 7.32. The van der Waals surface area contributed by atoms with E-state index in [1.54, 1.807) is 0 Å². The van der Waals surface area contributed by atoms with E-state index in [0.29, 0.717) is 11.8 Å². The Morgan fingerprint density at radius 1 is 0.720 bits per heavy atom. The van der Waals surface area contributed by atoms with Gasteiger partial charge in [0.05, 0.1) is 0 Å². The number of hydrogen-bond donors (Lipinski definition) is 0. The van der Waals surface area contributed by atoms with E-state index in [9.17, 15) is 0 Å². The van der Waals surface area contributed by atoms with Crippen LogP contribution in [0.4, 0.5) is 0 Å². The van der Waals surface area contributed by atoms with Crippen molar-refractivity contribution in [3.8, 4) is 0 Å². The van der Waals surface area contributed by atoms with E-state index >= 15 is 0 Å². The fourth-order valence-electron chi connectivity index (χ4n) is 4.96. The van der Waals surface area contributed by atoms with Gasteiger partial charge in [0.15, 0.2) is 0 Å². The molecule has 0 N–H and O–H groups in total. The molecule has 0 aromatic heterocycles. The third kappa shape index (κ3) is 2.28. The normalized spacial score (nSPS) is 21.7. The average molecular weight is 326 g/mol. The molecule has 126 valence electrons. The van der Waals surface area contributed by atoms with Gasteiger partial charge >= 0.3 is 0 Å². The van der Waals surface area contributed by atoms with Crippen molar-refractivity contribution < 1.29 is 0 Å². The molecule has 3 aromatic rings. The molecule has 1 aliphatic carbocycles. The van der Waals surface area contributed by atoms with Gasteiger partial charge in [-0.25, -0.2) is 0 Å². The summed E-state index contributed by atoms with van der Waals surface area (Å²) in [5, 5.41) is 0. The van der Waals surface area contributed by atoms with Crippen LogP contribution in [0.1, 0.15) is 60.9 Å². The molecule has 0 unspecified atom stereocenters. The highest BCUT2D eigenvalue weighted by atomic mass is 14.5. The molecular weight excluding hydrogens is 300 g/mol. The van der Waals surface area contributed by atoms with Crippen molar-refractivity contribution in [2.24, 2.45) is 5.92 Å². The monoisotopic (exact) mass is 326 g/mol. The quantitative estimate of drug-likeness (QED) is 0.513. The van der Waals surface area contributed by atoms with Gasteiger partial charge in [0.25, 0.3) is 0 Å². The van der Waals surface area contributed by atoms with Gasteiger partial charge in [-0.2, -0.15) is 0 Å². The third-order valence-electron chi connectivity index (χ3n) is 5.97. The van der Waals surface area contributed by atoms with Gasteiger partial charge in [-0.3, -0.25) is 0 Å². The second-order valence-electron chi connectivity index (χ2n) is 7.52. The van der Waals surface area contributed by atoms with Crippen molar-refractivity contribution in [3.05, 3.63) is 107 Å². The van der Waals surface area contributed by atoms with Crippen LogP contribution in [0.3, 0.4) is 0 Å². The summed E-state index contributed by atoms with van der Waals surface area (Å²) < 4.78 is 0. The lowest BCUT2D eigenvalue weighted by molar-refractivity contribution is 0.492. The second kappa shape index (κ2) is 6.19. The van der Waals surface area contributed by atoms with Gasteiger partial charge in [-0.1, -0.05) is 99.6 Å². The molecule has 0 amide bonds. The van der Waals surface area contributed by atoms with E-state index in [1.165, 1.54) is 27.8 Å². The summed E-state index contributed by atoms with van der Waals surface area (Å²) in [4.78, 5) is 0. The van der Waals surface area contributed by atoms with Crippen molar-refractivity contribution in [1.29, 1.82) is 0 Å². The minimum atomic E-state index is -0.0557. The lowest BCUT2D eigenvalue weighted by Crippen LogP contribution is -2.36. The Kier molecular flexibility index (Phi) is 4.00. The molecule has 0 radical (unpaired) electrons. The van der Waals surface area contributed by atoms with Crippen molar-refractivity contribution >= 4 is 0 Å². The Hall–Kier alpha value is -2.34. The van der Waals surface area contributed by atoms with Crippen LogP contribution in [0.15, 0.2) is 78.9 Å². The van der Waals surface area contributed by atoms with Gasteiger partial charge in [-0.05, 0) is 40.2 Å². The molecule has 0 saturated heterocycles. The number of rotatable bonds is 3. The highest BCUT2D eigenvalue weighted by Gasteiger charge is 2.44. The zero-order valence-electron chi connectivity index (χ0n) is 15.4. The molecule has 4 rings (SSSR count). The highest BCUT2D eigenvalue weighted by molar-refractivity contribution is 5.62. The molecule has 0 heteroatoms. The molecule has 25 heavy (non-hydrogen) atoms. The van der Waals surface area contributed by atoms with E-state index in [0.717, 1.165) is 6.42 Å². The summed E-state index contributed by atoms with van der Waals surface area (Å²) in [6, 6.07) is 29.3. The average Bonchev–Trinajstić information content (AvgIpc) is 2.66. The molecule has 3 aromatic carbocycles. The molecule has 0 fully saturated rings. The van der Waals surface area contributed by atoms with Gasteiger partial charge in [0.1, 0.15) is 0 Å². The molecule has 0 spiro atoms. The summed E-state index contributed by atoms with van der Waals surface area (Å²) >= 11 is 0. The lowest BCUT2D eigenvalue weighted by atomic mass is 9.58. The molecule has 0 bridgehead atoms. The summed E-state index contributed by atoms with van der Waals surface area (Å²) in [5.74, 6) is 1.05. The molecule has 0 saturated carbocycles. The third-order valence-corrected chi connectivity index (χ3v) is 5.97. The molecule has 0 aliphatic heterocycles. The molecular formula is C25H26. The summed E-state index contributed by atoms with van der Waals surface area (Å²) in [7, 11) is 0. The van der Waals surface area contributed by atoms with Crippen molar-refractivity contribution in [2.45, 2.75) is 38.5 Å². The number of hydrogen-bond acceptors (Lipinski definition) is 0. The van der Waals surface area contributed by atoms with Crippen LogP contribution in [0, 0.1) is 5.92 Å². The van der Waals surface area contributed by atoms with Crippen LogP contribution in [0.2, 0.25) is 0 Å². The minimum Gasteiger partial charge on any atom is -0.0639 e. The van der Waals surface area contributed by atoms with Gasteiger partial charge < -0.3 is 0 Å². The number of benzene rings is 3. The maximum Gasteiger partial charge on any atom is 0.0454 e. The van der Waals surface area contributed by atoms with Crippen LogP contribution in [-0.2, 0) is 5.41 Å².